The van der Waals surface area contributed by atoms with Crippen LogP contribution in [0, 0.1) is 20.2 Å². The molecule has 0 aromatic heterocycles. The van der Waals surface area contributed by atoms with Gasteiger partial charge < -0.3 is 10.6 Å². The highest BCUT2D eigenvalue weighted by molar-refractivity contribution is 5.95. The van der Waals surface area contributed by atoms with Crippen LogP contribution in [0.15, 0.2) is 48.5 Å². The summed E-state index contributed by atoms with van der Waals surface area (Å²) < 4.78 is 0. The van der Waals surface area contributed by atoms with Gasteiger partial charge >= 0.3 is 0 Å². The van der Waals surface area contributed by atoms with Crippen LogP contribution in [0.1, 0.15) is 27.1 Å². The fourth-order valence-corrected chi connectivity index (χ4v) is 2.17. The summed E-state index contributed by atoms with van der Waals surface area (Å²) in [4.78, 5) is 43.9. The van der Waals surface area contributed by atoms with Gasteiger partial charge in [-0.05, 0) is 30.7 Å². The third-order valence-corrected chi connectivity index (χ3v) is 3.61. The van der Waals surface area contributed by atoms with Gasteiger partial charge in [-0.2, -0.15) is 0 Å². The Labute approximate surface area is 153 Å². The maximum absolute atomic E-state index is 11.9. The molecule has 0 spiro atoms. The largest absolute Gasteiger partial charge is 0.352 e. The lowest BCUT2D eigenvalue weighted by Gasteiger charge is -2.07. The Balaban J connectivity index is 1.71. The average molecular weight is 372 g/mol. The first-order valence-corrected chi connectivity index (χ1v) is 7.94. The van der Waals surface area contributed by atoms with Crippen LogP contribution in [0.4, 0.5) is 11.4 Å². The number of amides is 2. The molecule has 2 aromatic carbocycles. The van der Waals surface area contributed by atoms with Gasteiger partial charge in [-0.15, -0.1) is 0 Å². The van der Waals surface area contributed by atoms with Gasteiger partial charge in [-0.3, -0.25) is 29.8 Å². The van der Waals surface area contributed by atoms with Gasteiger partial charge in [0.2, 0.25) is 0 Å². The van der Waals surface area contributed by atoms with Gasteiger partial charge in [0.1, 0.15) is 0 Å². The normalized spacial score (nSPS) is 10.1. The Hall–Kier alpha value is -3.82. The van der Waals surface area contributed by atoms with E-state index in [2.05, 4.69) is 10.6 Å². The Bertz CT molecular complexity index is 777. The number of nitro benzene ring substituents is 2. The molecule has 0 aliphatic heterocycles. The summed E-state index contributed by atoms with van der Waals surface area (Å²) in [7, 11) is 0. The number of nitrogens with one attached hydrogen (secondary N) is 2. The lowest BCUT2D eigenvalue weighted by molar-refractivity contribution is -0.385. The molecule has 2 aromatic rings. The number of carbonyl (C=O) groups is 2. The van der Waals surface area contributed by atoms with Crippen molar-refractivity contribution in [1.29, 1.82) is 0 Å². The van der Waals surface area contributed by atoms with Crippen LogP contribution in [0.2, 0.25) is 0 Å². The zero-order valence-electron chi connectivity index (χ0n) is 14.1. The smallest absolute Gasteiger partial charge is 0.269 e. The van der Waals surface area contributed by atoms with Crippen LogP contribution < -0.4 is 10.6 Å². The molecule has 2 N–H and O–H groups in total. The van der Waals surface area contributed by atoms with Gasteiger partial charge in [0.25, 0.3) is 23.2 Å². The molecule has 0 bridgehead atoms. The van der Waals surface area contributed by atoms with E-state index in [1.807, 2.05) is 0 Å². The van der Waals surface area contributed by atoms with E-state index in [4.69, 9.17) is 0 Å². The van der Waals surface area contributed by atoms with Crippen LogP contribution in [-0.4, -0.2) is 34.8 Å². The number of hydrogen-bond donors (Lipinski definition) is 2. The highest BCUT2D eigenvalue weighted by atomic mass is 16.6. The van der Waals surface area contributed by atoms with Gasteiger partial charge in [-0.25, -0.2) is 0 Å². The molecular weight excluding hydrogens is 356 g/mol. The number of nitrogens with zero attached hydrogens (tertiary/aromatic N) is 2. The second-order valence-electron chi connectivity index (χ2n) is 5.47. The van der Waals surface area contributed by atoms with E-state index >= 15 is 0 Å². The maximum Gasteiger partial charge on any atom is 0.269 e. The Morgan fingerprint density at radius 3 is 1.33 bits per heavy atom. The SMILES string of the molecule is O=C(NCCCNC(=O)c1ccc([N+](=O)[O-])cc1)c1ccc([N+](=O)[O-])cc1. The number of carbonyl (C=O) groups excluding carboxylic acids is 2. The number of rotatable bonds is 8. The van der Waals surface area contributed by atoms with Crippen LogP contribution in [-0.2, 0) is 0 Å². The fourth-order valence-electron chi connectivity index (χ4n) is 2.17. The molecule has 140 valence electrons. The lowest BCUT2D eigenvalue weighted by atomic mass is 10.2. The number of benzene rings is 2. The van der Waals surface area contributed by atoms with E-state index in [1.54, 1.807) is 0 Å². The van der Waals surface area contributed by atoms with Crippen LogP contribution in [0.5, 0.6) is 0 Å². The molecule has 0 radical (unpaired) electrons. The van der Waals surface area contributed by atoms with Gasteiger partial charge in [0.05, 0.1) is 9.85 Å². The van der Waals surface area contributed by atoms with Crippen molar-refractivity contribution >= 4 is 23.2 Å². The molecule has 0 unspecified atom stereocenters. The first kappa shape index (κ1) is 19.5. The topological polar surface area (TPSA) is 144 Å². The summed E-state index contributed by atoms with van der Waals surface area (Å²) >= 11 is 0. The maximum atomic E-state index is 11.9. The van der Waals surface area contributed by atoms with Crippen molar-refractivity contribution < 1.29 is 19.4 Å². The predicted octanol–water partition coefficient (Wildman–Crippen LogP) is 2.05. The van der Waals surface area contributed by atoms with E-state index in [0.717, 1.165) is 0 Å². The van der Waals surface area contributed by atoms with Crippen molar-refractivity contribution in [2.45, 2.75) is 6.42 Å². The third-order valence-electron chi connectivity index (χ3n) is 3.61. The highest BCUT2D eigenvalue weighted by Crippen LogP contribution is 2.12. The lowest BCUT2D eigenvalue weighted by Crippen LogP contribution is -2.29. The van der Waals surface area contributed by atoms with Crippen molar-refractivity contribution in [3.63, 3.8) is 0 Å². The van der Waals surface area contributed by atoms with Crippen molar-refractivity contribution in [1.82, 2.24) is 10.6 Å². The molecule has 10 heteroatoms. The van der Waals surface area contributed by atoms with Crippen molar-refractivity contribution in [3.05, 3.63) is 79.9 Å². The quantitative estimate of drug-likeness (QED) is 0.412. The Morgan fingerprint density at radius 1 is 0.704 bits per heavy atom. The molecule has 2 rings (SSSR count). The van der Waals surface area contributed by atoms with E-state index < -0.39 is 9.85 Å². The first-order chi connectivity index (χ1) is 12.9. The van der Waals surface area contributed by atoms with Crippen molar-refractivity contribution in [3.8, 4) is 0 Å². The van der Waals surface area contributed by atoms with E-state index in [0.29, 0.717) is 30.6 Å². The van der Waals surface area contributed by atoms with Crippen LogP contribution >= 0.6 is 0 Å². The van der Waals surface area contributed by atoms with Crippen LogP contribution in [0.3, 0.4) is 0 Å². The summed E-state index contributed by atoms with van der Waals surface area (Å²) in [6.45, 7) is 0.604. The summed E-state index contributed by atoms with van der Waals surface area (Å²) in [5.74, 6) is -0.738. The molecule has 0 aliphatic carbocycles. The monoisotopic (exact) mass is 372 g/mol. The minimum absolute atomic E-state index is 0.0968. The van der Waals surface area contributed by atoms with Gasteiger partial charge in [-0.1, -0.05) is 0 Å². The zero-order chi connectivity index (χ0) is 19.8. The molecule has 2 amide bonds. The molecular formula is C17H16N4O6. The summed E-state index contributed by atoms with van der Waals surface area (Å²) in [5, 5.41) is 26.4. The number of nitro groups is 2. The van der Waals surface area contributed by atoms with Crippen molar-refractivity contribution in [2.24, 2.45) is 0 Å². The number of non-ortho nitro benzene ring substituents is 2. The molecule has 0 aliphatic rings. The average Bonchev–Trinajstić information content (AvgIpc) is 2.67. The molecule has 0 fully saturated rings. The molecule has 0 atom stereocenters. The molecule has 0 saturated heterocycles. The van der Waals surface area contributed by atoms with Gasteiger partial charge in [0.15, 0.2) is 0 Å². The summed E-state index contributed by atoms with van der Waals surface area (Å²) in [6.07, 6.45) is 0.470. The van der Waals surface area contributed by atoms with Crippen molar-refractivity contribution in [2.75, 3.05) is 13.1 Å². The molecule has 27 heavy (non-hydrogen) atoms. The second kappa shape index (κ2) is 9.04. The summed E-state index contributed by atoms with van der Waals surface area (Å²) in [6, 6.07) is 10.5. The predicted molar refractivity (Wildman–Crippen MR) is 95.5 cm³/mol. The van der Waals surface area contributed by atoms with E-state index in [9.17, 15) is 29.8 Å². The zero-order valence-corrected chi connectivity index (χ0v) is 14.1. The van der Waals surface area contributed by atoms with E-state index in [-0.39, 0.29) is 23.2 Å². The minimum atomic E-state index is -0.546. The molecule has 10 nitrogen and oxygen atoms in total. The highest BCUT2D eigenvalue weighted by Gasteiger charge is 2.10. The Morgan fingerprint density at radius 2 is 1.04 bits per heavy atom. The van der Waals surface area contributed by atoms with E-state index in [1.165, 1.54) is 48.5 Å². The first-order valence-electron chi connectivity index (χ1n) is 7.94. The Kier molecular flexibility index (Phi) is 6.53. The van der Waals surface area contributed by atoms with Crippen LogP contribution in [0.25, 0.3) is 0 Å². The second-order valence-corrected chi connectivity index (χ2v) is 5.47. The minimum Gasteiger partial charge on any atom is -0.352 e. The standard InChI is InChI=1S/C17H16N4O6/c22-16(12-2-6-14(7-3-12)20(24)25)18-10-1-11-19-17(23)13-4-8-15(9-5-13)21(26)27/h2-9H,1,10-11H2,(H,18,22)(H,19,23). The molecule has 0 heterocycles. The third kappa shape index (κ3) is 5.59. The fraction of sp³-hybridized carbons (Fsp3) is 0.176. The number of hydrogen-bond acceptors (Lipinski definition) is 6. The van der Waals surface area contributed by atoms with Gasteiger partial charge in [0, 0.05) is 48.5 Å². The molecule has 0 saturated carbocycles. The summed E-state index contributed by atoms with van der Waals surface area (Å²) in [5.41, 5.74) is 0.409.